The lowest BCUT2D eigenvalue weighted by molar-refractivity contribution is 0.740. The van der Waals surface area contributed by atoms with E-state index in [9.17, 15) is 0 Å². The molecule has 0 heterocycles. The highest BCUT2D eigenvalue weighted by Gasteiger charge is 1.97. The van der Waals surface area contributed by atoms with E-state index in [4.69, 9.17) is 0 Å². The summed E-state index contributed by atoms with van der Waals surface area (Å²) in [5.41, 5.74) is 1.19. The molecule has 0 fully saturated rings. The third kappa shape index (κ3) is 6.62. The van der Waals surface area contributed by atoms with Crippen LogP contribution in [-0.4, -0.2) is 6.04 Å². The van der Waals surface area contributed by atoms with Gasteiger partial charge in [0.2, 0.25) is 0 Å². The Kier molecular flexibility index (Phi) is 6.16. The average molecular weight is 229 g/mol. The molecule has 1 aliphatic rings. The van der Waals surface area contributed by atoms with Gasteiger partial charge in [-0.15, -0.1) is 0 Å². The van der Waals surface area contributed by atoms with E-state index in [2.05, 4.69) is 80.8 Å². The molecule has 1 aliphatic carbocycles. The first kappa shape index (κ1) is 13.6. The Bertz CT molecular complexity index is 354. The summed E-state index contributed by atoms with van der Waals surface area (Å²) in [5, 5.41) is 3.46. The zero-order chi connectivity index (χ0) is 12.5. The third-order valence-electron chi connectivity index (χ3n) is 2.40. The molecule has 1 N–H and O–H groups in total. The Morgan fingerprint density at radius 2 is 1.88 bits per heavy atom. The summed E-state index contributed by atoms with van der Waals surface area (Å²) in [7, 11) is 0. The van der Waals surface area contributed by atoms with Crippen molar-refractivity contribution in [3.8, 4) is 0 Å². The number of rotatable bonds is 5. The van der Waals surface area contributed by atoms with Crippen LogP contribution in [0.4, 0.5) is 0 Å². The summed E-state index contributed by atoms with van der Waals surface area (Å²) in [4.78, 5) is 0. The zero-order valence-electron chi connectivity index (χ0n) is 11.1. The molecule has 0 spiro atoms. The fraction of sp³-hybridized carbons (Fsp3) is 0.375. The highest BCUT2D eigenvalue weighted by Crippen LogP contribution is 2.03. The fourth-order valence-electron chi connectivity index (χ4n) is 1.51. The van der Waals surface area contributed by atoms with Crippen LogP contribution in [0.2, 0.25) is 0 Å². The molecular weight excluding hydrogens is 206 g/mol. The van der Waals surface area contributed by atoms with Gasteiger partial charge >= 0.3 is 0 Å². The van der Waals surface area contributed by atoms with Gasteiger partial charge in [-0.2, -0.15) is 0 Å². The van der Waals surface area contributed by atoms with Crippen molar-refractivity contribution in [3.05, 3.63) is 60.4 Å². The van der Waals surface area contributed by atoms with Gasteiger partial charge in [0.15, 0.2) is 0 Å². The summed E-state index contributed by atoms with van der Waals surface area (Å²) in [6.45, 7) is 6.52. The van der Waals surface area contributed by atoms with Crippen LogP contribution in [0.1, 0.15) is 27.2 Å². The number of hydrogen-bond acceptors (Lipinski definition) is 1. The van der Waals surface area contributed by atoms with Crippen molar-refractivity contribution < 1.29 is 0 Å². The molecule has 1 rings (SSSR count). The number of allylic oxidation sites excluding steroid dienone is 8. The van der Waals surface area contributed by atoms with Crippen LogP contribution in [0.3, 0.4) is 0 Å². The lowest BCUT2D eigenvalue weighted by atomic mass is 10.2. The molecule has 0 amide bonds. The first-order chi connectivity index (χ1) is 8.18. The van der Waals surface area contributed by atoms with E-state index in [1.807, 2.05) is 0 Å². The normalized spacial score (nSPS) is 17.8. The molecule has 1 atom stereocenters. The smallest absolute Gasteiger partial charge is 0.0419 e. The molecule has 0 saturated heterocycles. The summed E-state index contributed by atoms with van der Waals surface area (Å²) in [6.07, 6.45) is 20.2. The van der Waals surface area contributed by atoms with Gasteiger partial charge in [-0.1, -0.05) is 62.5 Å². The Hall–Kier alpha value is -1.50. The minimum absolute atomic E-state index is 0.348. The molecule has 0 bridgehead atoms. The highest BCUT2D eigenvalue weighted by molar-refractivity contribution is 5.26. The second-order valence-electron chi connectivity index (χ2n) is 4.63. The molecule has 0 aromatic rings. The maximum Gasteiger partial charge on any atom is 0.0419 e. The van der Waals surface area contributed by atoms with Crippen molar-refractivity contribution in [2.24, 2.45) is 5.92 Å². The maximum atomic E-state index is 3.46. The second-order valence-corrected chi connectivity index (χ2v) is 4.63. The standard InChI is InChI=1S/C16H23N/c1-14(2)10-8-9-11-15(3)17-16-12-6-4-5-7-13-16/h4-6,8-15,17H,7H2,1-3H3/b10-8-,11-9-. The molecule has 0 aromatic heterocycles. The molecule has 0 aliphatic heterocycles. The molecular formula is C16H23N. The van der Waals surface area contributed by atoms with Crippen molar-refractivity contribution in [2.45, 2.75) is 33.2 Å². The zero-order valence-corrected chi connectivity index (χ0v) is 11.1. The van der Waals surface area contributed by atoms with Crippen LogP contribution in [0.15, 0.2) is 60.4 Å². The van der Waals surface area contributed by atoms with Crippen LogP contribution in [0, 0.1) is 5.92 Å². The van der Waals surface area contributed by atoms with Crippen LogP contribution in [0.25, 0.3) is 0 Å². The van der Waals surface area contributed by atoms with Crippen LogP contribution >= 0.6 is 0 Å². The van der Waals surface area contributed by atoms with Gasteiger partial charge in [-0.3, -0.25) is 0 Å². The van der Waals surface area contributed by atoms with Crippen molar-refractivity contribution >= 4 is 0 Å². The predicted octanol–water partition coefficient (Wildman–Crippen LogP) is 4.13. The highest BCUT2D eigenvalue weighted by atomic mass is 14.9. The predicted molar refractivity (Wildman–Crippen MR) is 76.7 cm³/mol. The molecule has 17 heavy (non-hydrogen) atoms. The van der Waals surface area contributed by atoms with Gasteiger partial charge in [-0.25, -0.2) is 0 Å². The van der Waals surface area contributed by atoms with Crippen molar-refractivity contribution in [1.29, 1.82) is 0 Å². The lowest BCUT2D eigenvalue weighted by Crippen LogP contribution is -2.22. The maximum absolute atomic E-state index is 3.46. The molecule has 0 aromatic carbocycles. The molecule has 1 unspecified atom stereocenters. The van der Waals surface area contributed by atoms with Crippen molar-refractivity contribution in [2.75, 3.05) is 0 Å². The van der Waals surface area contributed by atoms with Gasteiger partial charge < -0.3 is 5.32 Å². The molecule has 0 radical (unpaired) electrons. The summed E-state index contributed by atoms with van der Waals surface area (Å²) < 4.78 is 0. The topological polar surface area (TPSA) is 12.0 Å². The molecule has 1 nitrogen and oxygen atoms in total. The largest absolute Gasteiger partial charge is 0.379 e. The van der Waals surface area contributed by atoms with E-state index in [1.165, 1.54) is 5.70 Å². The number of hydrogen-bond donors (Lipinski definition) is 1. The Morgan fingerprint density at radius 3 is 2.65 bits per heavy atom. The molecule has 0 saturated carbocycles. The van der Waals surface area contributed by atoms with E-state index in [0.29, 0.717) is 12.0 Å². The Labute approximate surface area is 105 Å². The second kappa shape index (κ2) is 7.72. The SMILES string of the molecule is CC(C)/C=C\C=C/C(C)NC1=CCC=CC=C1. The summed E-state index contributed by atoms with van der Waals surface area (Å²) in [5.74, 6) is 0.612. The minimum atomic E-state index is 0.348. The van der Waals surface area contributed by atoms with Gasteiger partial charge in [0, 0.05) is 11.7 Å². The summed E-state index contributed by atoms with van der Waals surface area (Å²) in [6, 6.07) is 0.348. The van der Waals surface area contributed by atoms with Gasteiger partial charge in [0.1, 0.15) is 0 Å². The minimum Gasteiger partial charge on any atom is -0.379 e. The van der Waals surface area contributed by atoms with E-state index in [1.54, 1.807) is 0 Å². The van der Waals surface area contributed by atoms with E-state index < -0.39 is 0 Å². The van der Waals surface area contributed by atoms with E-state index in [-0.39, 0.29) is 0 Å². The first-order valence-corrected chi connectivity index (χ1v) is 6.33. The molecule has 1 heteroatoms. The monoisotopic (exact) mass is 229 g/mol. The Morgan fingerprint density at radius 1 is 1.12 bits per heavy atom. The van der Waals surface area contributed by atoms with Crippen molar-refractivity contribution in [3.63, 3.8) is 0 Å². The first-order valence-electron chi connectivity index (χ1n) is 6.33. The van der Waals surface area contributed by atoms with Gasteiger partial charge in [0.05, 0.1) is 0 Å². The average Bonchev–Trinajstić information content (AvgIpc) is 2.53. The van der Waals surface area contributed by atoms with Crippen LogP contribution in [-0.2, 0) is 0 Å². The van der Waals surface area contributed by atoms with E-state index in [0.717, 1.165) is 6.42 Å². The number of nitrogens with one attached hydrogen (secondary N) is 1. The Balaban J connectivity index is 2.39. The van der Waals surface area contributed by atoms with E-state index >= 15 is 0 Å². The van der Waals surface area contributed by atoms with Gasteiger partial charge in [-0.05, 0) is 25.3 Å². The lowest BCUT2D eigenvalue weighted by Gasteiger charge is -2.11. The summed E-state index contributed by atoms with van der Waals surface area (Å²) >= 11 is 0. The molecule has 92 valence electrons. The van der Waals surface area contributed by atoms with Crippen LogP contribution in [0.5, 0.6) is 0 Å². The van der Waals surface area contributed by atoms with Gasteiger partial charge in [0.25, 0.3) is 0 Å². The van der Waals surface area contributed by atoms with Crippen LogP contribution < -0.4 is 5.32 Å². The third-order valence-corrected chi connectivity index (χ3v) is 2.40. The quantitative estimate of drug-likeness (QED) is 0.699. The fourth-order valence-corrected chi connectivity index (χ4v) is 1.51. The van der Waals surface area contributed by atoms with Crippen molar-refractivity contribution in [1.82, 2.24) is 5.32 Å².